The summed E-state index contributed by atoms with van der Waals surface area (Å²) in [6.45, 7) is 0. The minimum Gasteiger partial charge on any atom is -0.393 e. The Morgan fingerprint density at radius 2 is 1.45 bits per heavy atom. The summed E-state index contributed by atoms with van der Waals surface area (Å²) < 4.78 is 4.51. The molecule has 56 valence electrons. The van der Waals surface area contributed by atoms with E-state index in [1.54, 1.807) is 0 Å². The molecule has 3 nitrogen and oxygen atoms in total. The quantitative estimate of drug-likeness (QED) is 0.280. The van der Waals surface area contributed by atoms with Crippen LogP contribution in [-0.2, 0) is 14.3 Å². The highest BCUT2D eigenvalue weighted by molar-refractivity contribution is 5.99. The first kappa shape index (κ1) is 5.52. The molecule has 0 spiro atoms. The van der Waals surface area contributed by atoms with Crippen molar-refractivity contribution in [2.75, 3.05) is 0 Å². The zero-order chi connectivity index (χ0) is 7.59. The van der Waals surface area contributed by atoms with Gasteiger partial charge in [-0.2, -0.15) is 0 Å². The Labute approximate surface area is 63.0 Å². The van der Waals surface area contributed by atoms with Gasteiger partial charge in [-0.1, -0.05) is 12.2 Å². The third kappa shape index (κ3) is 0.414. The topological polar surface area (TPSA) is 43.4 Å². The Bertz CT molecular complexity index is 264. The van der Waals surface area contributed by atoms with E-state index in [9.17, 15) is 9.59 Å². The molecule has 0 radical (unpaired) electrons. The Balaban J connectivity index is 2.03. The van der Waals surface area contributed by atoms with E-state index in [1.807, 2.05) is 12.2 Å². The predicted molar refractivity (Wildman–Crippen MR) is 34.2 cm³/mol. The smallest absolute Gasteiger partial charge is 0.318 e. The first-order chi connectivity index (χ1) is 5.29. The molecule has 0 bridgehead atoms. The number of hydrogen-bond donors (Lipinski definition) is 0. The lowest BCUT2D eigenvalue weighted by Gasteiger charge is -2.46. The SMILES string of the molecule is O=C1OC(=O)[C@H]2[C@@H]3C=C[C@H]3[C@@H]12. The molecule has 0 N–H and O–H groups in total. The summed E-state index contributed by atoms with van der Waals surface area (Å²) in [6, 6.07) is 0. The Morgan fingerprint density at radius 3 is 1.82 bits per heavy atom. The predicted octanol–water partition coefficient (Wildman–Crippen LogP) is 0.118. The molecular formula is C8H6O3. The van der Waals surface area contributed by atoms with Crippen molar-refractivity contribution >= 4 is 11.9 Å². The molecule has 0 aromatic heterocycles. The summed E-state index contributed by atoms with van der Waals surface area (Å²) in [5.41, 5.74) is 0. The first-order valence-electron chi connectivity index (χ1n) is 3.73. The zero-order valence-electron chi connectivity index (χ0n) is 5.69. The van der Waals surface area contributed by atoms with Gasteiger partial charge in [0.1, 0.15) is 0 Å². The van der Waals surface area contributed by atoms with Gasteiger partial charge in [-0.3, -0.25) is 9.59 Å². The lowest BCUT2D eigenvalue weighted by molar-refractivity contribution is -0.153. The van der Waals surface area contributed by atoms with Crippen molar-refractivity contribution in [2.45, 2.75) is 0 Å². The average molecular weight is 150 g/mol. The lowest BCUT2D eigenvalue weighted by atomic mass is 9.52. The summed E-state index contributed by atoms with van der Waals surface area (Å²) in [5.74, 6) is -0.246. The normalized spacial score (nSPS) is 50.5. The van der Waals surface area contributed by atoms with Gasteiger partial charge >= 0.3 is 11.9 Å². The Morgan fingerprint density at radius 1 is 1.00 bits per heavy atom. The molecule has 1 heterocycles. The number of fused-ring (bicyclic) bond motifs is 4. The first-order valence-corrected chi connectivity index (χ1v) is 3.73. The number of esters is 2. The van der Waals surface area contributed by atoms with Crippen LogP contribution in [0.5, 0.6) is 0 Å². The molecule has 0 aromatic rings. The van der Waals surface area contributed by atoms with Crippen molar-refractivity contribution in [2.24, 2.45) is 23.7 Å². The molecule has 0 amide bonds. The molecule has 2 fully saturated rings. The van der Waals surface area contributed by atoms with E-state index in [1.165, 1.54) is 0 Å². The summed E-state index contributed by atoms with van der Waals surface area (Å²) >= 11 is 0. The van der Waals surface area contributed by atoms with E-state index in [0.29, 0.717) is 11.8 Å². The number of allylic oxidation sites excluding steroid dienone is 2. The number of ether oxygens (including phenoxy) is 1. The van der Waals surface area contributed by atoms with Gasteiger partial charge in [-0.15, -0.1) is 0 Å². The second-order valence-corrected chi connectivity index (χ2v) is 3.33. The molecule has 0 aromatic carbocycles. The van der Waals surface area contributed by atoms with Crippen LogP contribution in [0, 0.1) is 23.7 Å². The summed E-state index contributed by atoms with van der Waals surface area (Å²) in [7, 11) is 0. The van der Waals surface area contributed by atoms with Crippen LogP contribution >= 0.6 is 0 Å². The van der Waals surface area contributed by atoms with Gasteiger partial charge in [0.15, 0.2) is 0 Å². The number of carbonyl (C=O) groups excluding carboxylic acids is 2. The molecule has 1 aliphatic heterocycles. The standard InChI is InChI=1S/C8H6O3/c9-7-5-3-1-2-4(3)6(5)8(10)11-7/h1-6H/t3-,4-,5-,6+/m1/s1. The largest absolute Gasteiger partial charge is 0.393 e. The van der Waals surface area contributed by atoms with E-state index in [0.717, 1.165) is 0 Å². The highest BCUT2D eigenvalue weighted by Gasteiger charge is 2.64. The van der Waals surface area contributed by atoms with Crippen LogP contribution in [0.2, 0.25) is 0 Å². The van der Waals surface area contributed by atoms with Gasteiger partial charge < -0.3 is 4.74 Å². The molecule has 3 rings (SSSR count). The number of carbonyl (C=O) groups is 2. The maximum Gasteiger partial charge on any atom is 0.318 e. The van der Waals surface area contributed by atoms with Crippen molar-refractivity contribution in [3.8, 4) is 0 Å². The van der Waals surface area contributed by atoms with Crippen LogP contribution in [0.15, 0.2) is 12.2 Å². The average Bonchev–Trinajstić information content (AvgIpc) is 2.11. The fourth-order valence-corrected chi connectivity index (χ4v) is 2.26. The van der Waals surface area contributed by atoms with Crippen molar-refractivity contribution in [1.82, 2.24) is 0 Å². The van der Waals surface area contributed by atoms with Gasteiger partial charge in [0.25, 0.3) is 0 Å². The van der Waals surface area contributed by atoms with E-state index in [-0.39, 0.29) is 23.8 Å². The Kier molecular flexibility index (Phi) is 0.700. The maximum atomic E-state index is 11.0. The van der Waals surface area contributed by atoms with Gasteiger partial charge in [-0.25, -0.2) is 0 Å². The molecule has 3 heteroatoms. The van der Waals surface area contributed by atoms with E-state index >= 15 is 0 Å². The summed E-state index contributed by atoms with van der Waals surface area (Å²) in [4.78, 5) is 21.9. The van der Waals surface area contributed by atoms with Crippen LogP contribution in [0.25, 0.3) is 0 Å². The Hall–Kier alpha value is -1.12. The number of rotatable bonds is 0. The van der Waals surface area contributed by atoms with Gasteiger partial charge in [0, 0.05) is 0 Å². The van der Waals surface area contributed by atoms with Crippen LogP contribution in [0.3, 0.4) is 0 Å². The van der Waals surface area contributed by atoms with E-state index < -0.39 is 0 Å². The van der Waals surface area contributed by atoms with Crippen molar-refractivity contribution in [1.29, 1.82) is 0 Å². The fraction of sp³-hybridized carbons (Fsp3) is 0.500. The van der Waals surface area contributed by atoms with Crippen molar-refractivity contribution in [3.63, 3.8) is 0 Å². The molecule has 1 saturated heterocycles. The van der Waals surface area contributed by atoms with Crippen LogP contribution in [-0.4, -0.2) is 11.9 Å². The monoisotopic (exact) mass is 150 g/mol. The van der Waals surface area contributed by atoms with Crippen molar-refractivity contribution < 1.29 is 14.3 Å². The van der Waals surface area contributed by atoms with Crippen LogP contribution in [0.1, 0.15) is 0 Å². The highest BCUT2D eigenvalue weighted by atomic mass is 16.6. The molecule has 11 heavy (non-hydrogen) atoms. The summed E-state index contributed by atoms with van der Waals surface area (Å²) in [5, 5.41) is 0. The zero-order valence-corrected chi connectivity index (χ0v) is 5.69. The second kappa shape index (κ2) is 1.40. The van der Waals surface area contributed by atoms with Gasteiger partial charge in [0.05, 0.1) is 11.8 Å². The van der Waals surface area contributed by atoms with Crippen LogP contribution in [0.4, 0.5) is 0 Å². The molecule has 4 atom stereocenters. The number of hydrogen-bond acceptors (Lipinski definition) is 3. The number of cyclic esters (lactones) is 2. The molecule has 0 unspecified atom stereocenters. The highest BCUT2D eigenvalue weighted by Crippen LogP contribution is 2.56. The van der Waals surface area contributed by atoms with E-state index in [4.69, 9.17) is 0 Å². The third-order valence-corrected chi connectivity index (χ3v) is 2.96. The maximum absolute atomic E-state index is 11.0. The molecule has 3 aliphatic rings. The minimum absolute atomic E-state index is 0.127. The van der Waals surface area contributed by atoms with Crippen molar-refractivity contribution in [3.05, 3.63) is 12.2 Å². The summed E-state index contributed by atoms with van der Waals surface area (Å²) in [6.07, 6.45) is 3.98. The lowest BCUT2D eigenvalue weighted by Crippen LogP contribution is -2.50. The second-order valence-electron chi connectivity index (χ2n) is 3.33. The van der Waals surface area contributed by atoms with Crippen LogP contribution < -0.4 is 0 Å². The van der Waals surface area contributed by atoms with E-state index in [2.05, 4.69) is 4.74 Å². The molecule has 1 saturated carbocycles. The molecule has 2 aliphatic carbocycles. The minimum atomic E-state index is -0.314. The third-order valence-electron chi connectivity index (χ3n) is 2.96. The van der Waals surface area contributed by atoms with Gasteiger partial charge in [-0.05, 0) is 11.8 Å². The molecular weight excluding hydrogens is 144 g/mol. The fourth-order valence-electron chi connectivity index (χ4n) is 2.26. The van der Waals surface area contributed by atoms with Gasteiger partial charge in [0.2, 0.25) is 0 Å².